The van der Waals surface area contributed by atoms with Gasteiger partial charge in [0.05, 0.1) is 0 Å². The molecular weight excluding hydrogens is 254 g/mol. The highest BCUT2D eigenvalue weighted by molar-refractivity contribution is 14.1. The summed E-state index contributed by atoms with van der Waals surface area (Å²) in [6.45, 7) is 2.05. The summed E-state index contributed by atoms with van der Waals surface area (Å²) < 4.78 is 14.1. The molecule has 11 heavy (non-hydrogen) atoms. The smallest absolute Gasteiger partial charge is 0.126 e. The zero-order chi connectivity index (χ0) is 8.27. The maximum absolute atomic E-state index is 13.0. The molecule has 0 aliphatic heterocycles. The van der Waals surface area contributed by atoms with Gasteiger partial charge >= 0.3 is 0 Å². The first-order valence-electron chi connectivity index (χ1n) is 3.68. The van der Waals surface area contributed by atoms with Crippen LogP contribution in [-0.4, -0.2) is 0 Å². The summed E-state index contributed by atoms with van der Waals surface area (Å²) in [4.78, 5) is 0. The minimum atomic E-state index is -0.0766. The summed E-state index contributed by atoms with van der Waals surface area (Å²) in [5, 5.41) is 0. The van der Waals surface area contributed by atoms with E-state index in [1.807, 2.05) is 6.07 Å². The molecule has 1 aromatic carbocycles. The van der Waals surface area contributed by atoms with Gasteiger partial charge in [0.1, 0.15) is 5.82 Å². The van der Waals surface area contributed by atoms with Crippen molar-refractivity contribution in [3.8, 4) is 0 Å². The van der Waals surface area contributed by atoms with Gasteiger partial charge in [-0.3, -0.25) is 0 Å². The molecule has 0 aromatic heterocycles. The van der Waals surface area contributed by atoms with Crippen LogP contribution in [0.5, 0.6) is 0 Å². The monoisotopic (exact) mass is 264 g/mol. The van der Waals surface area contributed by atoms with Gasteiger partial charge in [0.25, 0.3) is 0 Å². The zero-order valence-corrected chi connectivity index (χ0v) is 8.56. The highest BCUT2D eigenvalue weighted by Gasteiger charge is 1.99. The second-order valence-electron chi connectivity index (χ2n) is 2.49. The van der Waals surface area contributed by atoms with Crippen LogP contribution in [-0.2, 0) is 6.42 Å². The fraction of sp³-hybridized carbons (Fsp3) is 0.333. The minimum absolute atomic E-state index is 0.0766. The van der Waals surface area contributed by atoms with Crippen LogP contribution >= 0.6 is 22.6 Å². The highest BCUT2D eigenvalue weighted by Crippen LogP contribution is 2.13. The van der Waals surface area contributed by atoms with Crippen molar-refractivity contribution < 1.29 is 4.39 Å². The normalized spacial score (nSPS) is 10.1. The third kappa shape index (κ3) is 2.43. The number of aryl methyl sites for hydroxylation is 1. The molecule has 60 valence electrons. The second-order valence-corrected chi connectivity index (χ2v) is 3.73. The first-order valence-corrected chi connectivity index (χ1v) is 4.76. The topological polar surface area (TPSA) is 0 Å². The van der Waals surface area contributed by atoms with Gasteiger partial charge in [0.2, 0.25) is 0 Å². The second kappa shape index (κ2) is 4.04. The van der Waals surface area contributed by atoms with E-state index < -0.39 is 0 Å². The highest BCUT2D eigenvalue weighted by atomic mass is 127. The molecule has 1 rings (SSSR count). The van der Waals surface area contributed by atoms with Crippen LogP contribution in [0.15, 0.2) is 18.2 Å². The molecule has 2 heteroatoms. The Balaban J connectivity index is 2.93. The van der Waals surface area contributed by atoms with Crippen LogP contribution in [0, 0.1) is 9.39 Å². The van der Waals surface area contributed by atoms with Crippen molar-refractivity contribution >= 4 is 22.6 Å². The summed E-state index contributed by atoms with van der Waals surface area (Å²) in [6, 6.07) is 5.22. The number of rotatable bonds is 2. The van der Waals surface area contributed by atoms with Crippen LogP contribution in [0.1, 0.15) is 18.9 Å². The molecule has 1 aromatic rings. The van der Waals surface area contributed by atoms with Crippen LogP contribution in [0.2, 0.25) is 0 Å². The average molecular weight is 264 g/mol. The van der Waals surface area contributed by atoms with Gasteiger partial charge in [-0.2, -0.15) is 0 Å². The van der Waals surface area contributed by atoms with E-state index in [0.717, 1.165) is 22.0 Å². The Kier molecular flexibility index (Phi) is 3.30. The van der Waals surface area contributed by atoms with E-state index in [2.05, 4.69) is 29.5 Å². The first kappa shape index (κ1) is 8.97. The standard InChI is InChI=1S/C9H10FI/c1-2-3-7-6-8(11)4-5-9(7)10/h4-6H,2-3H2,1H3. The Morgan fingerprint density at radius 2 is 2.18 bits per heavy atom. The Bertz CT molecular complexity index is 245. The zero-order valence-electron chi connectivity index (χ0n) is 6.40. The van der Waals surface area contributed by atoms with Crippen LogP contribution in [0.3, 0.4) is 0 Å². The van der Waals surface area contributed by atoms with Gasteiger partial charge in [0.15, 0.2) is 0 Å². The molecule has 0 spiro atoms. The minimum Gasteiger partial charge on any atom is -0.207 e. The van der Waals surface area contributed by atoms with E-state index in [1.165, 1.54) is 6.07 Å². The van der Waals surface area contributed by atoms with E-state index in [4.69, 9.17) is 0 Å². The van der Waals surface area contributed by atoms with Crippen LogP contribution < -0.4 is 0 Å². The molecule has 0 radical (unpaired) electrons. The fourth-order valence-electron chi connectivity index (χ4n) is 1.00. The first-order chi connectivity index (χ1) is 5.24. The van der Waals surface area contributed by atoms with Crippen molar-refractivity contribution in [2.45, 2.75) is 19.8 Å². The lowest BCUT2D eigenvalue weighted by Gasteiger charge is -2.00. The molecule has 0 aliphatic rings. The Hall–Kier alpha value is -0.120. The molecule has 0 saturated carbocycles. The third-order valence-corrected chi connectivity index (χ3v) is 2.20. The Morgan fingerprint density at radius 3 is 2.82 bits per heavy atom. The molecule has 0 N–H and O–H groups in total. The summed E-state index contributed by atoms with van der Waals surface area (Å²) in [5.41, 5.74) is 0.833. The van der Waals surface area contributed by atoms with Gasteiger partial charge in [-0.05, 0) is 52.8 Å². The molecule has 0 fully saturated rings. The van der Waals surface area contributed by atoms with Crippen molar-refractivity contribution in [3.63, 3.8) is 0 Å². The fourth-order valence-corrected chi connectivity index (χ4v) is 1.56. The van der Waals surface area contributed by atoms with E-state index >= 15 is 0 Å². The van der Waals surface area contributed by atoms with E-state index in [9.17, 15) is 4.39 Å². The lowest BCUT2D eigenvalue weighted by atomic mass is 10.1. The van der Waals surface area contributed by atoms with Gasteiger partial charge in [-0.25, -0.2) is 4.39 Å². The SMILES string of the molecule is CCCc1cc(I)ccc1F. The molecule has 0 heterocycles. The van der Waals surface area contributed by atoms with Gasteiger partial charge in [0, 0.05) is 3.57 Å². The van der Waals surface area contributed by atoms with Crippen LogP contribution in [0.25, 0.3) is 0 Å². The molecular formula is C9H10FI. The summed E-state index contributed by atoms with van der Waals surface area (Å²) in [6.07, 6.45) is 1.83. The number of hydrogen-bond donors (Lipinski definition) is 0. The van der Waals surface area contributed by atoms with Gasteiger partial charge in [-0.15, -0.1) is 0 Å². The number of benzene rings is 1. The molecule has 0 saturated heterocycles. The van der Waals surface area contributed by atoms with Crippen molar-refractivity contribution in [2.24, 2.45) is 0 Å². The summed E-state index contributed by atoms with van der Waals surface area (Å²) in [5.74, 6) is -0.0766. The molecule has 0 unspecified atom stereocenters. The lowest BCUT2D eigenvalue weighted by Crippen LogP contribution is -1.89. The largest absolute Gasteiger partial charge is 0.207 e. The van der Waals surface area contributed by atoms with E-state index in [0.29, 0.717) is 0 Å². The summed E-state index contributed by atoms with van der Waals surface area (Å²) >= 11 is 2.20. The van der Waals surface area contributed by atoms with Crippen molar-refractivity contribution in [3.05, 3.63) is 33.1 Å². The predicted octanol–water partition coefficient (Wildman–Crippen LogP) is 3.38. The maximum atomic E-state index is 13.0. The Morgan fingerprint density at radius 1 is 1.45 bits per heavy atom. The Labute approximate surface area is 80.0 Å². The number of hydrogen-bond acceptors (Lipinski definition) is 0. The van der Waals surface area contributed by atoms with Crippen molar-refractivity contribution in [1.29, 1.82) is 0 Å². The third-order valence-electron chi connectivity index (χ3n) is 1.53. The molecule has 0 atom stereocenters. The van der Waals surface area contributed by atoms with Crippen LogP contribution in [0.4, 0.5) is 4.39 Å². The molecule has 0 nitrogen and oxygen atoms in total. The quantitative estimate of drug-likeness (QED) is 0.718. The lowest BCUT2D eigenvalue weighted by molar-refractivity contribution is 0.607. The number of halogens is 2. The van der Waals surface area contributed by atoms with E-state index in [1.54, 1.807) is 6.07 Å². The molecule has 0 amide bonds. The predicted molar refractivity (Wildman–Crippen MR) is 53.1 cm³/mol. The molecule has 0 bridgehead atoms. The molecule has 0 aliphatic carbocycles. The van der Waals surface area contributed by atoms with E-state index in [-0.39, 0.29) is 5.82 Å². The van der Waals surface area contributed by atoms with Crippen molar-refractivity contribution in [1.82, 2.24) is 0 Å². The summed E-state index contributed by atoms with van der Waals surface area (Å²) in [7, 11) is 0. The van der Waals surface area contributed by atoms with Gasteiger partial charge < -0.3 is 0 Å². The van der Waals surface area contributed by atoms with Gasteiger partial charge in [-0.1, -0.05) is 13.3 Å². The van der Waals surface area contributed by atoms with Crippen molar-refractivity contribution in [2.75, 3.05) is 0 Å². The average Bonchev–Trinajstić information content (AvgIpc) is 1.98. The maximum Gasteiger partial charge on any atom is 0.126 e.